The van der Waals surface area contributed by atoms with Crippen LogP contribution in [-0.4, -0.2) is 15.2 Å². The van der Waals surface area contributed by atoms with Crippen LogP contribution in [0, 0.1) is 0 Å². The summed E-state index contributed by atoms with van der Waals surface area (Å²) in [6.45, 7) is 0. The van der Waals surface area contributed by atoms with Crippen LogP contribution in [0.15, 0.2) is 42.6 Å². The first-order valence-electron chi connectivity index (χ1n) is 5.00. The first-order valence-corrected chi connectivity index (χ1v) is 5.00. The predicted octanol–water partition coefficient (Wildman–Crippen LogP) is 2.21. The number of nitrogens with zero attached hydrogens (tertiary/aromatic N) is 2. The lowest BCUT2D eigenvalue weighted by Gasteiger charge is -2.02. The van der Waals surface area contributed by atoms with Crippen LogP contribution >= 0.6 is 0 Å². The standard InChI is InChI=1S/C12H10N4/c13-12-11-8(9-5-1-2-7-14-9)4-3-6-10(11)15-16-12/h1-7H,(H3,13,15,16). The van der Waals surface area contributed by atoms with Gasteiger partial charge in [0.25, 0.3) is 0 Å². The Morgan fingerprint density at radius 2 is 2.00 bits per heavy atom. The molecule has 0 aliphatic carbocycles. The molecule has 0 fully saturated rings. The topological polar surface area (TPSA) is 67.6 Å². The number of hydrogen-bond donors (Lipinski definition) is 2. The molecule has 0 spiro atoms. The van der Waals surface area contributed by atoms with E-state index < -0.39 is 0 Å². The summed E-state index contributed by atoms with van der Waals surface area (Å²) in [7, 11) is 0. The highest BCUT2D eigenvalue weighted by molar-refractivity contribution is 6.00. The minimum atomic E-state index is 0.510. The Kier molecular flexibility index (Phi) is 1.86. The lowest BCUT2D eigenvalue weighted by molar-refractivity contribution is 1.13. The Hall–Kier alpha value is -2.36. The molecule has 0 bridgehead atoms. The zero-order chi connectivity index (χ0) is 11.0. The van der Waals surface area contributed by atoms with Gasteiger partial charge in [0.1, 0.15) is 0 Å². The number of nitrogens with one attached hydrogen (secondary N) is 1. The summed E-state index contributed by atoms with van der Waals surface area (Å²) in [6, 6.07) is 11.7. The minimum absolute atomic E-state index is 0.510. The van der Waals surface area contributed by atoms with Crippen molar-refractivity contribution in [3.8, 4) is 11.3 Å². The molecule has 1 aromatic carbocycles. The average molecular weight is 210 g/mol. The number of benzene rings is 1. The first kappa shape index (κ1) is 8.91. The van der Waals surface area contributed by atoms with Crippen molar-refractivity contribution < 1.29 is 0 Å². The molecule has 4 heteroatoms. The van der Waals surface area contributed by atoms with Gasteiger partial charge in [-0.25, -0.2) is 0 Å². The van der Waals surface area contributed by atoms with Gasteiger partial charge in [-0.2, -0.15) is 5.10 Å². The molecular formula is C12H10N4. The molecule has 2 heterocycles. The fourth-order valence-corrected chi connectivity index (χ4v) is 1.83. The van der Waals surface area contributed by atoms with Crippen molar-refractivity contribution in [2.45, 2.75) is 0 Å². The van der Waals surface area contributed by atoms with E-state index in [0.717, 1.165) is 22.2 Å². The summed E-state index contributed by atoms with van der Waals surface area (Å²) < 4.78 is 0. The molecule has 0 saturated carbocycles. The Morgan fingerprint density at radius 1 is 1.06 bits per heavy atom. The van der Waals surface area contributed by atoms with E-state index in [9.17, 15) is 0 Å². The predicted molar refractivity (Wildman–Crippen MR) is 63.7 cm³/mol. The lowest BCUT2D eigenvalue weighted by Crippen LogP contribution is -1.88. The molecule has 3 aromatic rings. The van der Waals surface area contributed by atoms with Crippen molar-refractivity contribution in [3.63, 3.8) is 0 Å². The highest BCUT2D eigenvalue weighted by Crippen LogP contribution is 2.29. The summed E-state index contributed by atoms with van der Waals surface area (Å²) >= 11 is 0. The zero-order valence-electron chi connectivity index (χ0n) is 8.51. The van der Waals surface area contributed by atoms with Crippen molar-refractivity contribution in [2.75, 3.05) is 5.73 Å². The third kappa shape index (κ3) is 1.24. The van der Waals surface area contributed by atoms with Crippen LogP contribution in [0.4, 0.5) is 5.82 Å². The summed E-state index contributed by atoms with van der Waals surface area (Å²) in [5.74, 6) is 0.510. The number of rotatable bonds is 1. The molecule has 0 amide bonds. The van der Waals surface area contributed by atoms with E-state index >= 15 is 0 Å². The molecule has 0 aliphatic heterocycles. The Balaban J connectivity index is 2.36. The maximum Gasteiger partial charge on any atom is 0.153 e. The van der Waals surface area contributed by atoms with Gasteiger partial charge in [-0.05, 0) is 18.2 Å². The number of aromatic amines is 1. The molecule has 3 N–H and O–H groups in total. The quantitative estimate of drug-likeness (QED) is 0.647. The van der Waals surface area contributed by atoms with Gasteiger partial charge in [-0.15, -0.1) is 0 Å². The van der Waals surface area contributed by atoms with Gasteiger partial charge >= 0.3 is 0 Å². The number of H-pyrrole nitrogens is 1. The third-order valence-corrected chi connectivity index (χ3v) is 2.56. The Bertz CT molecular complexity index is 628. The molecule has 16 heavy (non-hydrogen) atoms. The monoisotopic (exact) mass is 210 g/mol. The van der Waals surface area contributed by atoms with Gasteiger partial charge in [0.15, 0.2) is 5.82 Å². The molecule has 2 aromatic heterocycles. The zero-order valence-corrected chi connectivity index (χ0v) is 8.51. The van der Waals surface area contributed by atoms with E-state index in [-0.39, 0.29) is 0 Å². The van der Waals surface area contributed by atoms with E-state index in [0.29, 0.717) is 5.82 Å². The summed E-state index contributed by atoms with van der Waals surface area (Å²) in [4.78, 5) is 4.32. The Labute approximate surface area is 92.1 Å². The molecule has 0 aliphatic rings. The number of fused-ring (bicyclic) bond motifs is 1. The van der Waals surface area contributed by atoms with Crippen molar-refractivity contribution in [1.29, 1.82) is 0 Å². The fraction of sp³-hybridized carbons (Fsp3) is 0. The van der Waals surface area contributed by atoms with E-state index in [1.807, 2.05) is 36.4 Å². The van der Waals surface area contributed by atoms with E-state index in [1.165, 1.54) is 0 Å². The van der Waals surface area contributed by atoms with Crippen LogP contribution in [0.5, 0.6) is 0 Å². The molecule has 0 saturated heterocycles. The van der Waals surface area contributed by atoms with Crippen molar-refractivity contribution in [3.05, 3.63) is 42.6 Å². The second-order valence-electron chi connectivity index (χ2n) is 3.55. The molecule has 78 valence electrons. The summed E-state index contributed by atoms with van der Waals surface area (Å²) in [5.41, 5.74) is 8.68. The molecule has 3 rings (SSSR count). The van der Waals surface area contributed by atoms with Gasteiger partial charge in [-0.1, -0.05) is 18.2 Å². The number of anilines is 1. The van der Waals surface area contributed by atoms with Crippen molar-refractivity contribution in [1.82, 2.24) is 15.2 Å². The van der Waals surface area contributed by atoms with Crippen molar-refractivity contribution >= 4 is 16.7 Å². The number of pyridine rings is 1. The molecule has 0 radical (unpaired) electrons. The van der Waals surface area contributed by atoms with E-state index in [1.54, 1.807) is 6.20 Å². The highest BCUT2D eigenvalue weighted by atomic mass is 15.1. The van der Waals surface area contributed by atoms with Crippen LogP contribution in [-0.2, 0) is 0 Å². The van der Waals surface area contributed by atoms with Crippen LogP contribution in [0.25, 0.3) is 22.2 Å². The van der Waals surface area contributed by atoms with Crippen LogP contribution in [0.2, 0.25) is 0 Å². The number of hydrogen-bond acceptors (Lipinski definition) is 3. The number of aromatic nitrogens is 3. The van der Waals surface area contributed by atoms with Gasteiger partial charge < -0.3 is 5.73 Å². The normalized spacial score (nSPS) is 10.8. The molecule has 0 atom stereocenters. The first-order chi connectivity index (χ1) is 7.86. The van der Waals surface area contributed by atoms with Gasteiger partial charge in [-0.3, -0.25) is 10.1 Å². The van der Waals surface area contributed by atoms with Gasteiger partial charge in [0.2, 0.25) is 0 Å². The Morgan fingerprint density at radius 3 is 2.81 bits per heavy atom. The SMILES string of the molecule is Nc1n[nH]c2cccc(-c3ccccn3)c12. The van der Waals surface area contributed by atoms with Gasteiger partial charge in [0.05, 0.1) is 16.6 Å². The molecular weight excluding hydrogens is 200 g/mol. The average Bonchev–Trinajstić information content (AvgIpc) is 2.73. The van der Waals surface area contributed by atoms with Crippen LogP contribution < -0.4 is 5.73 Å². The largest absolute Gasteiger partial charge is 0.382 e. The maximum absolute atomic E-state index is 5.84. The third-order valence-electron chi connectivity index (χ3n) is 2.56. The van der Waals surface area contributed by atoms with Crippen LogP contribution in [0.3, 0.4) is 0 Å². The number of nitrogen functional groups attached to an aromatic ring is 1. The van der Waals surface area contributed by atoms with E-state index in [2.05, 4.69) is 15.2 Å². The maximum atomic E-state index is 5.84. The summed E-state index contributed by atoms with van der Waals surface area (Å²) in [5, 5.41) is 7.83. The number of nitrogens with two attached hydrogens (primary N) is 1. The molecule has 0 unspecified atom stereocenters. The van der Waals surface area contributed by atoms with Gasteiger partial charge in [0, 0.05) is 11.8 Å². The van der Waals surface area contributed by atoms with E-state index in [4.69, 9.17) is 5.73 Å². The fourth-order valence-electron chi connectivity index (χ4n) is 1.83. The minimum Gasteiger partial charge on any atom is -0.382 e. The second kappa shape index (κ2) is 3.34. The highest BCUT2D eigenvalue weighted by Gasteiger charge is 2.09. The smallest absolute Gasteiger partial charge is 0.153 e. The molecule has 4 nitrogen and oxygen atoms in total. The van der Waals surface area contributed by atoms with Crippen molar-refractivity contribution in [2.24, 2.45) is 0 Å². The second-order valence-corrected chi connectivity index (χ2v) is 3.55. The lowest BCUT2D eigenvalue weighted by atomic mass is 10.1. The van der Waals surface area contributed by atoms with Crippen LogP contribution in [0.1, 0.15) is 0 Å². The summed E-state index contributed by atoms with van der Waals surface area (Å²) in [6.07, 6.45) is 1.77.